The summed E-state index contributed by atoms with van der Waals surface area (Å²) in [6.45, 7) is 6.17. The number of esters is 1. The van der Waals surface area contributed by atoms with Crippen LogP contribution >= 0.6 is 0 Å². The summed E-state index contributed by atoms with van der Waals surface area (Å²) in [7, 11) is 1.44. The van der Waals surface area contributed by atoms with Gasteiger partial charge in [-0.25, -0.2) is 0 Å². The van der Waals surface area contributed by atoms with Crippen molar-refractivity contribution in [2.75, 3.05) is 33.3 Å². The number of nitrogens with two attached hydrogens (primary N) is 1. The minimum atomic E-state index is -0.112. The third kappa shape index (κ3) is 8.79. The maximum atomic E-state index is 11.0. The van der Waals surface area contributed by atoms with Gasteiger partial charge < -0.3 is 15.8 Å². The Balaban J connectivity index is 1.98. The number of carbonyl (C=O) groups excluding carboxylic acids is 1. The molecule has 0 aromatic carbocycles. The number of carbonyl (C=O) groups is 1. The minimum absolute atomic E-state index is 0.112. The topological polar surface area (TPSA) is 80.0 Å². The molecule has 0 radical (unpaired) electrons. The molecule has 0 bridgehead atoms. The van der Waals surface area contributed by atoms with E-state index in [0.717, 1.165) is 51.7 Å². The largest absolute Gasteiger partial charge is 0.469 e. The minimum Gasteiger partial charge on any atom is -0.469 e. The molecule has 0 aliphatic carbocycles. The Morgan fingerprint density at radius 3 is 2.78 bits per heavy atom. The Bertz CT molecular complexity index is 361. The fourth-order valence-corrected chi connectivity index (χ4v) is 3.02. The lowest BCUT2D eigenvalue weighted by Gasteiger charge is -2.20. The van der Waals surface area contributed by atoms with E-state index >= 15 is 0 Å². The number of likely N-dealkylation sites (N-methyl/N-ethyl adjacent to an activating group) is 1. The molecule has 6 heteroatoms. The molecule has 1 rings (SSSR count). The van der Waals surface area contributed by atoms with E-state index in [-0.39, 0.29) is 5.97 Å². The van der Waals surface area contributed by atoms with Crippen molar-refractivity contribution in [3.8, 4) is 0 Å². The summed E-state index contributed by atoms with van der Waals surface area (Å²) in [5.74, 6) is 0.457. The number of ether oxygens (including phenoxy) is 1. The predicted molar refractivity (Wildman–Crippen MR) is 94.5 cm³/mol. The van der Waals surface area contributed by atoms with Gasteiger partial charge in [-0.2, -0.15) is 0 Å². The molecule has 0 saturated carbocycles. The first kappa shape index (κ1) is 19.7. The molecule has 134 valence electrons. The van der Waals surface area contributed by atoms with Gasteiger partial charge in [-0.05, 0) is 38.8 Å². The van der Waals surface area contributed by atoms with Gasteiger partial charge in [0, 0.05) is 19.0 Å². The van der Waals surface area contributed by atoms with Gasteiger partial charge in [0.05, 0.1) is 13.7 Å². The molecule has 1 aliphatic heterocycles. The van der Waals surface area contributed by atoms with Gasteiger partial charge in [-0.1, -0.05) is 26.2 Å². The van der Waals surface area contributed by atoms with Crippen molar-refractivity contribution in [1.29, 1.82) is 0 Å². The molecule has 1 atom stereocenters. The average Bonchev–Trinajstić information content (AvgIpc) is 3.02. The Labute approximate surface area is 140 Å². The molecule has 1 saturated heterocycles. The van der Waals surface area contributed by atoms with Crippen molar-refractivity contribution in [2.24, 2.45) is 10.7 Å². The van der Waals surface area contributed by atoms with Crippen molar-refractivity contribution < 1.29 is 9.53 Å². The van der Waals surface area contributed by atoms with E-state index in [1.807, 2.05) is 0 Å². The molecular formula is C17H34N4O2. The van der Waals surface area contributed by atoms with E-state index in [9.17, 15) is 4.79 Å². The summed E-state index contributed by atoms with van der Waals surface area (Å²) >= 11 is 0. The second-order valence-electron chi connectivity index (χ2n) is 6.17. The lowest BCUT2D eigenvalue weighted by atomic mass is 10.1. The summed E-state index contributed by atoms with van der Waals surface area (Å²) in [5.41, 5.74) is 5.92. The normalized spacial score (nSPS) is 19.0. The Kier molecular flexibility index (Phi) is 10.4. The zero-order valence-electron chi connectivity index (χ0n) is 14.9. The first-order valence-electron chi connectivity index (χ1n) is 9.02. The van der Waals surface area contributed by atoms with E-state index in [2.05, 4.69) is 26.9 Å². The van der Waals surface area contributed by atoms with Crippen LogP contribution in [0.3, 0.4) is 0 Å². The van der Waals surface area contributed by atoms with E-state index in [1.165, 1.54) is 26.5 Å². The lowest BCUT2D eigenvalue weighted by Crippen LogP contribution is -2.36. The third-order valence-corrected chi connectivity index (χ3v) is 4.47. The number of aliphatic imine (C=N–C) groups is 1. The number of guanidine groups is 1. The molecule has 1 unspecified atom stereocenters. The molecule has 1 fully saturated rings. The highest BCUT2D eigenvalue weighted by molar-refractivity contribution is 5.77. The third-order valence-electron chi connectivity index (χ3n) is 4.47. The Morgan fingerprint density at radius 2 is 2.04 bits per heavy atom. The summed E-state index contributed by atoms with van der Waals surface area (Å²) in [4.78, 5) is 17.9. The fourth-order valence-electron chi connectivity index (χ4n) is 3.02. The van der Waals surface area contributed by atoms with Crippen molar-refractivity contribution in [3.63, 3.8) is 0 Å². The molecule has 0 amide bonds. The molecule has 0 aromatic rings. The number of likely N-dealkylation sites (tertiary alicyclic amines) is 1. The van der Waals surface area contributed by atoms with E-state index in [1.54, 1.807) is 0 Å². The standard InChI is InChI=1S/C17H34N4O2/c1-3-21-13-9-10-15(21)14-20-17(18)19-12-8-6-4-5-7-11-16(22)23-2/h15H,3-14H2,1-2H3,(H3,18,19,20). The van der Waals surface area contributed by atoms with Gasteiger partial charge >= 0.3 is 5.97 Å². The van der Waals surface area contributed by atoms with Gasteiger partial charge in [-0.15, -0.1) is 0 Å². The van der Waals surface area contributed by atoms with E-state index < -0.39 is 0 Å². The van der Waals surface area contributed by atoms with Crippen LogP contribution in [-0.4, -0.2) is 56.2 Å². The summed E-state index contributed by atoms with van der Waals surface area (Å²) in [5, 5.41) is 3.19. The molecule has 1 heterocycles. The van der Waals surface area contributed by atoms with Crippen LogP contribution in [0.2, 0.25) is 0 Å². The van der Waals surface area contributed by atoms with Crippen LogP contribution in [0.1, 0.15) is 58.3 Å². The highest BCUT2D eigenvalue weighted by Gasteiger charge is 2.22. The smallest absolute Gasteiger partial charge is 0.305 e. The lowest BCUT2D eigenvalue weighted by molar-refractivity contribution is -0.140. The Hall–Kier alpha value is -1.30. The van der Waals surface area contributed by atoms with Crippen LogP contribution in [0.25, 0.3) is 0 Å². The zero-order valence-corrected chi connectivity index (χ0v) is 14.9. The van der Waals surface area contributed by atoms with Gasteiger partial charge in [0.2, 0.25) is 0 Å². The van der Waals surface area contributed by atoms with E-state index in [0.29, 0.717) is 18.4 Å². The van der Waals surface area contributed by atoms with Crippen molar-refractivity contribution in [3.05, 3.63) is 0 Å². The highest BCUT2D eigenvalue weighted by Crippen LogP contribution is 2.16. The average molecular weight is 326 g/mol. The second kappa shape index (κ2) is 12.2. The SMILES string of the molecule is CCN1CCCC1CN=C(N)NCCCCCCCC(=O)OC. The van der Waals surface area contributed by atoms with Crippen LogP contribution < -0.4 is 11.1 Å². The number of nitrogens with one attached hydrogen (secondary N) is 1. The zero-order chi connectivity index (χ0) is 16.9. The summed E-state index contributed by atoms with van der Waals surface area (Å²) in [6.07, 6.45) is 8.40. The van der Waals surface area contributed by atoms with Gasteiger partial charge in [0.15, 0.2) is 5.96 Å². The predicted octanol–water partition coefficient (Wildman–Crippen LogP) is 1.89. The van der Waals surface area contributed by atoms with Crippen LogP contribution in [0, 0.1) is 0 Å². The summed E-state index contributed by atoms with van der Waals surface area (Å²) < 4.78 is 4.62. The monoisotopic (exact) mass is 326 g/mol. The number of hydrogen-bond acceptors (Lipinski definition) is 4. The molecule has 23 heavy (non-hydrogen) atoms. The number of unbranched alkanes of at least 4 members (excludes halogenated alkanes) is 4. The maximum Gasteiger partial charge on any atom is 0.305 e. The maximum absolute atomic E-state index is 11.0. The van der Waals surface area contributed by atoms with Crippen LogP contribution in [0.15, 0.2) is 4.99 Å². The molecule has 0 spiro atoms. The van der Waals surface area contributed by atoms with Gasteiger partial charge in [-0.3, -0.25) is 14.7 Å². The van der Waals surface area contributed by atoms with Crippen molar-refractivity contribution in [2.45, 2.75) is 64.3 Å². The van der Waals surface area contributed by atoms with E-state index in [4.69, 9.17) is 5.73 Å². The molecule has 6 nitrogen and oxygen atoms in total. The van der Waals surface area contributed by atoms with Crippen LogP contribution in [0.4, 0.5) is 0 Å². The second-order valence-corrected chi connectivity index (χ2v) is 6.17. The highest BCUT2D eigenvalue weighted by atomic mass is 16.5. The first-order valence-corrected chi connectivity index (χ1v) is 9.02. The van der Waals surface area contributed by atoms with Crippen molar-refractivity contribution in [1.82, 2.24) is 10.2 Å². The van der Waals surface area contributed by atoms with Crippen LogP contribution in [0.5, 0.6) is 0 Å². The van der Waals surface area contributed by atoms with Gasteiger partial charge in [0.1, 0.15) is 0 Å². The molecule has 1 aliphatic rings. The fraction of sp³-hybridized carbons (Fsp3) is 0.882. The molecular weight excluding hydrogens is 292 g/mol. The van der Waals surface area contributed by atoms with Crippen molar-refractivity contribution >= 4 is 11.9 Å². The van der Waals surface area contributed by atoms with Crippen LogP contribution in [-0.2, 0) is 9.53 Å². The number of methoxy groups -OCH3 is 1. The summed E-state index contributed by atoms with van der Waals surface area (Å²) in [6, 6.07) is 0.565. The Morgan fingerprint density at radius 1 is 1.30 bits per heavy atom. The molecule has 3 N–H and O–H groups in total. The number of rotatable bonds is 11. The quantitative estimate of drug-likeness (QED) is 0.262. The number of hydrogen-bond donors (Lipinski definition) is 2. The first-order chi connectivity index (χ1) is 11.2. The molecule has 0 aromatic heterocycles. The van der Waals surface area contributed by atoms with Gasteiger partial charge in [0.25, 0.3) is 0 Å². The number of nitrogens with zero attached hydrogens (tertiary/aromatic N) is 2.